The van der Waals surface area contributed by atoms with Gasteiger partial charge in [0.15, 0.2) is 0 Å². The number of amides is 2. The number of aliphatic carboxylic acids is 1. The fourth-order valence-electron chi connectivity index (χ4n) is 2.31. The molecule has 0 aromatic carbocycles. The van der Waals surface area contributed by atoms with E-state index in [0.29, 0.717) is 24.9 Å². The van der Waals surface area contributed by atoms with Crippen LogP contribution in [0.2, 0.25) is 0 Å². The second-order valence-electron chi connectivity index (χ2n) is 5.64. The molecule has 1 heterocycles. The Morgan fingerprint density at radius 2 is 2.00 bits per heavy atom. The van der Waals surface area contributed by atoms with Crippen LogP contribution in [0.4, 0.5) is 4.79 Å². The fourth-order valence-corrected chi connectivity index (χ4v) is 2.31. The van der Waals surface area contributed by atoms with Gasteiger partial charge in [-0.1, -0.05) is 13.8 Å². The van der Waals surface area contributed by atoms with Gasteiger partial charge in [-0.3, -0.25) is 4.79 Å². The molecule has 0 aliphatic carbocycles. The predicted molar refractivity (Wildman–Crippen MR) is 75.7 cm³/mol. The number of nitrogens with zero attached hydrogens (tertiary/aromatic N) is 1. The van der Waals surface area contributed by atoms with E-state index in [2.05, 4.69) is 23.9 Å². The summed E-state index contributed by atoms with van der Waals surface area (Å²) in [6.07, 6.45) is 0.892. The number of rotatable bonds is 5. The van der Waals surface area contributed by atoms with Crippen molar-refractivity contribution in [3.63, 3.8) is 0 Å². The molecule has 0 bridgehead atoms. The summed E-state index contributed by atoms with van der Waals surface area (Å²) in [4.78, 5) is 36.0. The van der Waals surface area contributed by atoms with Crippen LogP contribution in [0.1, 0.15) is 33.1 Å². The van der Waals surface area contributed by atoms with E-state index in [1.54, 1.807) is 4.90 Å². The lowest BCUT2D eigenvalue weighted by atomic mass is 9.89. The molecule has 2 amide bonds. The minimum atomic E-state index is -1.15. The van der Waals surface area contributed by atoms with Crippen molar-refractivity contribution in [1.82, 2.24) is 10.2 Å². The fraction of sp³-hybridized carbons (Fsp3) is 0.786. The molecule has 0 aromatic heterocycles. The van der Waals surface area contributed by atoms with E-state index in [4.69, 9.17) is 5.11 Å². The van der Waals surface area contributed by atoms with Gasteiger partial charge in [0.1, 0.15) is 6.04 Å². The Bertz CT molecular complexity index is 399. The summed E-state index contributed by atoms with van der Waals surface area (Å²) < 4.78 is 4.47. The van der Waals surface area contributed by atoms with Crippen molar-refractivity contribution < 1.29 is 24.2 Å². The standard InChI is InChI=1S/C14H24N2O5/c1-9-6-7-16(8-10(9)2)14(20)15-11(13(18)19)4-5-12(17)21-3/h9-11H,4-8H2,1-3H3,(H,15,20)(H,18,19)/t9?,10?,11-/m1/s1. The van der Waals surface area contributed by atoms with Crippen molar-refractivity contribution in [3.05, 3.63) is 0 Å². The lowest BCUT2D eigenvalue weighted by molar-refractivity contribution is -0.142. The smallest absolute Gasteiger partial charge is 0.326 e. The molecule has 7 nitrogen and oxygen atoms in total. The third kappa shape index (κ3) is 5.24. The molecule has 1 saturated heterocycles. The summed E-state index contributed by atoms with van der Waals surface area (Å²) in [5, 5.41) is 11.6. The molecule has 120 valence electrons. The number of hydrogen-bond donors (Lipinski definition) is 2. The summed E-state index contributed by atoms with van der Waals surface area (Å²) in [5.74, 6) is -0.687. The number of piperidine rings is 1. The number of ether oxygens (including phenoxy) is 1. The Labute approximate surface area is 124 Å². The zero-order valence-corrected chi connectivity index (χ0v) is 12.8. The molecule has 2 N–H and O–H groups in total. The van der Waals surface area contributed by atoms with Crippen molar-refractivity contribution >= 4 is 18.0 Å². The van der Waals surface area contributed by atoms with Crippen LogP contribution >= 0.6 is 0 Å². The van der Waals surface area contributed by atoms with Gasteiger partial charge >= 0.3 is 18.0 Å². The summed E-state index contributed by atoms with van der Waals surface area (Å²) in [5.41, 5.74) is 0. The summed E-state index contributed by atoms with van der Waals surface area (Å²) in [6.45, 7) is 5.48. The van der Waals surface area contributed by atoms with Gasteiger partial charge in [0, 0.05) is 19.5 Å². The van der Waals surface area contributed by atoms with Crippen molar-refractivity contribution in [2.24, 2.45) is 11.8 Å². The van der Waals surface area contributed by atoms with Crippen molar-refractivity contribution in [2.75, 3.05) is 20.2 Å². The van der Waals surface area contributed by atoms with E-state index >= 15 is 0 Å². The predicted octanol–water partition coefficient (Wildman–Crippen LogP) is 1.08. The van der Waals surface area contributed by atoms with E-state index in [1.807, 2.05) is 0 Å². The van der Waals surface area contributed by atoms with Crippen molar-refractivity contribution in [2.45, 2.75) is 39.2 Å². The zero-order chi connectivity index (χ0) is 16.0. The molecule has 0 radical (unpaired) electrons. The number of hydrogen-bond acceptors (Lipinski definition) is 4. The maximum Gasteiger partial charge on any atom is 0.326 e. The van der Waals surface area contributed by atoms with Crippen LogP contribution in [0.15, 0.2) is 0 Å². The third-order valence-corrected chi connectivity index (χ3v) is 4.08. The topological polar surface area (TPSA) is 95.9 Å². The molecule has 0 saturated carbocycles. The number of nitrogens with one attached hydrogen (secondary N) is 1. The normalized spacial score (nSPS) is 23.3. The van der Waals surface area contributed by atoms with Gasteiger partial charge in [0.05, 0.1) is 7.11 Å². The first-order valence-electron chi connectivity index (χ1n) is 7.20. The van der Waals surface area contributed by atoms with Crippen LogP contribution in [0, 0.1) is 11.8 Å². The lowest BCUT2D eigenvalue weighted by Crippen LogP contribution is -2.51. The molecule has 7 heteroatoms. The Morgan fingerprint density at radius 1 is 1.33 bits per heavy atom. The molecule has 0 spiro atoms. The quantitative estimate of drug-likeness (QED) is 0.741. The van der Waals surface area contributed by atoms with E-state index < -0.39 is 18.0 Å². The van der Waals surface area contributed by atoms with Gasteiger partial charge < -0.3 is 20.1 Å². The first-order valence-corrected chi connectivity index (χ1v) is 7.20. The minimum absolute atomic E-state index is 0.0214. The van der Waals surface area contributed by atoms with E-state index in [0.717, 1.165) is 6.42 Å². The number of carboxylic acids is 1. The first-order chi connectivity index (χ1) is 9.85. The molecule has 1 aliphatic heterocycles. The number of likely N-dealkylation sites (tertiary alicyclic amines) is 1. The second kappa shape index (κ2) is 7.85. The number of carboxylic acid groups (broad SMARTS) is 1. The Hall–Kier alpha value is -1.79. The van der Waals surface area contributed by atoms with Crippen LogP contribution in [0.25, 0.3) is 0 Å². The number of carbonyl (C=O) groups is 3. The summed E-state index contributed by atoms with van der Waals surface area (Å²) >= 11 is 0. The maximum absolute atomic E-state index is 12.1. The van der Waals surface area contributed by atoms with Gasteiger partial charge in [-0.25, -0.2) is 9.59 Å². The molecule has 1 fully saturated rings. The highest BCUT2D eigenvalue weighted by Crippen LogP contribution is 2.22. The molecule has 1 aliphatic rings. The third-order valence-electron chi connectivity index (χ3n) is 4.08. The molecule has 2 unspecified atom stereocenters. The van der Waals surface area contributed by atoms with Gasteiger partial charge in [0.2, 0.25) is 0 Å². The van der Waals surface area contributed by atoms with Crippen LogP contribution in [-0.4, -0.2) is 54.2 Å². The molecular formula is C14H24N2O5. The zero-order valence-electron chi connectivity index (χ0n) is 12.8. The largest absolute Gasteiger partial charge is 0.480 e. The van der Waals surface area contributed by atoms with Gasteiger partial charge in [-0.15, -0.1) is 0 Å². The van der Waals surface area contributed by atoms with Crippen LogP contribution in [0.3, 0.4) is 0 Å². The second-order valence-corrected chi connectivity index (χ2v) is 5.64. The van der Waals surface area contributed by atoms with Crippen LogP contribution in [-0.2, 0) is 14.3 Å². The van der Waals surface area contributed by atoms with E-state index in [-0.39, 0.29) is 18.9 Å². The lowest BCUT2D eigenvalue weighted by Gasteiger charge is -2.35. The monoisotopic (exact) mass is 300 g/mol. The summed E-state index contributed by atoms with van der Waals surface area (Å²) in [6, 6.07) is -1.46. The number of urea groups is 1. The van der Waals surface area contributed by atoms with Gasteiger partial charge in [-0.05, 0) is 24.7 Å². The molecule has 1 rings (SSSR count). The average Bonchev–Trinajstić information content (AvgIpc) is 2.45. The molecular weight excluding hydrogens is 276 g/mol. The number of esters is 1. The van der Waals surface area contributed by atoms with E-state index in [9.17, 15) is 14.4 Å². The van der Waals surface area contributed by atoms with E-state index in [1.165, 1.54) is 7.11 Å². The van der Waals surface area contributed by atoms with Crippen LogP contribution in [0.5, 0.6) is 0 Å². The van der Waals surface area contributed by atoms with Crippen molar-refractivity contribution in [3.8, 4) is 0 Å². The molecule has 21 heavy (non-hydrogen) atoms. The Morgan fingerprint density at radius 3 is 2.52 bits per heavy atom. The number of methoxy groups -OCH3 is 1. The van der Waals surface area contributed by atoms with Crippen LogP contribution < -0.4 is 5.32 Å². The Balaban J connectivity index is 2.52. The van der Waals surface area contributed by atoms with Gasteiger partial charge in [-0.2, -0.15) is 0 Å². The minimum Gasteiger partial charge on any atom is -0.480 e. The summed E-state index contributed by atoms with van der Waals surface area (Å²) in [7, 11) is 1.24. The Kier molecular flexibility index (Phi) is 6.45. The van der Waals surface area contributed by atoms with Gasteiger partial charge in [0.25, 0.3) is 0 Å². The SMILES string of the molecule is COC(=O)CC[C@@H](NC(=O)N1CCC(C)C(C)C1)C(=O)O. The highest BCUT2D eigenvalue weighted by molar-refractivity contribution is 5.83. The molecule has 3 atom stereocenters. The first kappa shape index (κ1) is 17.3. The number of carbonyl (C=O) groups excluding carboxylic acids is 2. The van der Waals surface area contributed by atoms with Crippen molar-refractivity contribution in [1.29, 1.82) is 0 Å². The average molecular weight is 300 g/mol. The maximum atomic E-state index is 12.1. The highest BCUT2D eigenvalue weighted by atomic mass is 16.5. The molecule has 0 aromatic rings. The highest BCUT2D eigenvalue weighted by Gasteiger charge is 2.28.